The summed E-state index contributed by atoms with van der Waals surface area (Å²) in [5.41, 5.74) is 5.98. The van der Waals surface area contributed by atoms with E-state index in [0.717, 1.165) is 5.56 Å². The standard InChI is InChI=1S/C13H21N3O2/c1-4-13(2,9-14)12(17)16-8-10-6-5-7-15-11(10)18-3/h5-7H,4,8-9,14H2,1-3H3,(H,16,17). The predicted octanol–water partition coefficient (Wildman–Crippen LogP) is 1.08. The third-order valence-electron chi connectivity index (χ3n) is 3.26. The fraction of sp³-hybridized carbons (Fsp3) is 0.538. The lowest BCUT2D eigenvalue weighted by Gasteiger charge is -2.25. The number of hydrogen-bond acceptors (Lipinski definition) is 4. The first-order valence-corrected chi connectivity index (χ1v) is 6.03. The summed E-state index contributed by atoms with van der Waals surface area (Å²) in [5, 5.41) is 2.88. The smallest absolute Gasteiger partial charge is 0.227 e. The van der Waals surface area contributed by atoms with Gasteiger partial charge in [-0.05, 0) is 19.4 Å². The zero-order valence-electron chi connectivity index (χ0n) is 11.2. The highest BCUT2D eigenvalue weighted by molar-refractivity contribution is 5.82. The van der Waals surface area contributed by atoms with Gasteiger partial charge in [0.2, 0.25) is 11.8 Å². The minimum Gasteiger partial charge on any atom is -0.481 e. The summed E-state index contributed by atoms with van der Waals surface area (Å²) < 4.78 is 5.13. The number of carbonyl (C=O) groups is 1. The second-order valence-corrected chi connectivity index (χ2v) is 4.47. The van der Waals surface area contributed by atoms with Crippen LogP contribution in [0.5, 0.6) is 5.88 Å². The lowest BCUT2D eigenvalue weighted by molar-refractivity contribution is -0.130. The molecular formula is C13H21N3O2. The molecule has 1 heterocycles. The summed E-state index contributed by atoms with van der Waals surface area (Å²) in [6.07, 6.45) is 2.36. The van der Waals surface area contributed by atoms with Crippen molar-refractivity contribution in [1.29, 1.82) is 0 Å². The van der Waals surface area contributed by atoms with Gasteiger partial charge in [-0.3, -0.25) is 4.79 Å². The van der Waals surface area contributed by atoms with E-state index in [9.17, 15) is 4.79 Å². The molecule has 0 spiro atoms. The molecule has 0 bridgehead atoms. The van der Waals surface area contributed by atoms with E-state index < -0.39 is 5.41 Å². The molecule has 0 aliphatic heterocycles. The molecule has 18 heavy (non-hydrogen) atoms. The van der Waals surface area contributed by atoms with Crippen LogP contribution in [0.2, 0.25) is 0 Å². The summed E-state index contributed by atoms with van der Waals surface area (Å²) in [6, 6.07) is 3.68. The van der Waals surface area contributed by atoms with Crippen LogP contribution >= 0.6 is 0 Å². The molecular weight excluding hydrogens is 230 g/mol. The number of rotatable bonds is 6. The highest BCUT2D eigenvalue weighted by atomic mass is 16.5. The van der Waals surface area contributed by atoms with E-state index in [0.29, 0.717) is 25.4 Å². The van der Waals surface area contributed by atoms with E-state index >= 15 is 0 Å². The highest BCUT2D eigenvalue weighted by Crippen LogP contribution is 2.20. The molecule has 0 aromatic carbocycles. The van der Waals surface area contributed by atoms with Gasteiger partial charge in [-0.2, -0.15) is 0 Å². The quantitative estimate of drug-likeness (QED) is 0.793. The second-order valence-electron chi connectivity index (χ2n) is 4.47. The van der Waals surface area contributed by atoms with Crippen molar-refractivity contribution in [2.75, 3.05) is 13.7 Å². The molecule has 1 atom stereocenters. The Balaban J connectivity index is 2.68. The van der Waals surface area contributed by atoms with Gasteiger partial charge in [-0.15, -0.1) is 0 Å². The molecule has 1 aromatic rings. The Labute approximate surface area is 108 Å². The molecule has 100 valence electrons. The van der Waals surface area contributed by atoms with Crippen LogP contribution < -0.4 is 15.8 Å². The topological polar surface area (TPSA) is 77.2 Å². The Bertz CT molecular complexity index is 403. The summed E-state index contributed by atoms with van der Waals surface area (Å²) in [6.45, 7) is 4.55. The summed E-state index contributed by atoms with van der Waals surface area (Å²) in [7, 11) is 1.56. The minimum atomic E-state index is -0.518. The predicted molar refractivity (Wildman–Crippen MR) is 70.1 cm³/mol. The van der Waals surface area contributed by atoms with Crippen LogP contribution in [0.4, 0.5) is 0 Å². The first-order valence-electron chi connectivity index (χ1n) is 6.03. The number of hydrogen-bond donors (Lipinski definition) is 2. The highest BCUT2D eigenvalue weighted by Gasteiger charge is 2.29. The van der Waals surface area contributed by atoms with Gasteiger partial charge in [0, 0.05) is 24.8 Å². The number of amides is 1. The van der Waals surface area contributed by atoms with Gasteiger partial charge in [0.15, 0.2) is 0 Å². The van der Waals surface area contributed by atoms with E-state index in [-0.39, 0.29) is 5.91 Å². The maximum atomic E-state index is 12.0. The monoisotopic (exact) mass is 251 g/mol. The van der Waals surface area contributed by atoms with Gasteiger partial charge in [0.25, 0.3) is 0 Å². The number of ether oxygens (including phenoxy) is 1. The molecule has 5 nitrogen and oxygen atoms in total. The van der Waals surface area contributed by atoms with E-state index in [1.165, 1.54) is 0 Å². The molecule has 0 aliphatic carbocycles. The third-order valence-corrected chi connectivity index (χ3v) is 3.26. The summed E-state index contributed by atoms with van der Waals surface area (Å²) in [5.74, 6) is 0.488. The van der Waals surface area contributed by atoms with Crippen molar-refractivity contribution in [1.82, 2.24) is 10.3 Å². The summed E-state index contributed by atoms with van der Waals surface area (Å²) in [4.78, 5) is 16.1. The van der Waals surface area contributed by atoms with Gasteiger partial charge in [-0.1, -0.05) is 13.0 Å². The van der Waals surface area contributed by atoms with Crippen molar-refractivity contribution in [3.63, 3.8) is 0 Å². The molecule has 3 N–H and O–H groups in total. The van der Waals surface area contributed by atoms with E-state index in [4.69, 9.17) is 10.5 Å². The average Bonchev–Trinajstić information content (AvgIpc) is 2.43. The second kappa shape index (κ2) is 6.35. The number of nitrogens with two attached hydrogens (primary N) is 1. The Kier molecular flexibility index (Phi) is 5.09. The first kappa shape index (κ1) is 14.4. The van der Waals surface area contributed by atoms with Crippen LogP contribution in [0.3, 0.4) is 0 Å². The van der Waals surface area contributed by atoms with Gasteiger partial charge in [0.05, 0.1) is 12.5 Å². The van der Waals surface area contributed by atoms with Crippen molar-refractivity contribution in [2.45, 2.75) is 26.8 Å². The van der Waals surface area contributed by atoms with Crippen LogP contribution in [-0.2, 0) is 11.3 Å². The van der Waals surface area contributed by atoms with E-state index in [1.807, 2.05) is 26.0 Å². The molecule has 0 saturated carbocycles. The van der Waals surface area contributed by atoms with Crippen LogP contribution in [-0.4, -0.2) is 24.5 Å². The average molecular weight is 251 g/mol. The maximum Gasteiger partial charge on any atom is 0.227 e. The Morgan fingerprint density at radius 2 is 2.33 bits per heavy atom. The van der Waals surface area contributed by atoms with Gasteiger partial charge >= 0.3 is 0 Å². The molecule has 0 saturated heterocycles. The molecule has 1 aromatic heterocycles. The fourth-order valence-corrected chi connectivity index (χ4v) is 1.53. The SMILES string of the molecule is CCC(C)(CN)C(=O)NCc1cccnc1OC. The van der Waals surface area contributed by atoms with Crippen LogP contribution in [0.25, 0.3) is 0 Å². The van der Waals surface area contributed by atoms with Crippen molar-refractivity contribution < 1.29 is 9.53 Å². The Morgan fingerprint density at radius 3 is 2.89 bits per heavy atom. The van der Waals surface area contributed by atoms with E-state index in [2.05, 4.69) is 10.3 Å². The van der Waals surface area contributed by atoms with Crippen LogP contribution in [0, 0.1) is 5.41 Å². The van der Waals surface area contributed by atoms with Gasteiger partial charge in [-0.25, -0.2) is 4.98 Å². The molecule has 1 amide bonds. The number of carbonyl (C=O) groups excluding carboxylic acids is 1. The molecule has 0 aliphatic rings. The molecule has 1 rings (SSSR count). The van der Waals surface area contributed by atoms with Gasteiger partial charge in [0.1, 0.15) is 0 Å². The minimum absolute atomic E-state index is 0.0431. The van der Waals surface area contributed by atoms with Crippen molar-refractivity contribution in [2.24, 2.45) is 11.1 Å². The number of nitrogens with one attached hydrogen (secondary N) is 1. The normalized spacial score (nSPS) is 13.8. The van der Waals surface area contributed by atoms with Crippen molar-refractivity contribution >= 4 is 5.91 Å². The van der Waals surface area contributed by atoms with Gasteiger partial charge < -0.3 is 15.8 Å². The lowest BCUT2D eigenvalue weighted by atomic mass is 9.86. The van der Waals surface area contributed by atoms with Crippen molar-refractivity contribution in [3.05, 3.63) is 23.9 Å². The molecule has 1 unspecified atom stereocenters. The third kappa shape index (κ3) is 3.20. The number of methoxy groups -OCH3 is 1. The lowest BCUT2D eigenvalue weighted by Crippen LogP contribution is -2.43. The van der Waals surface area contributed by atoms with Crippen LogP contribution in [0.1, 0.15) is 25.8 Å². The summed E-state index contributed by atoms with van der Waals surface area (Å²) >= 11 is 0. The largest absolute Gasteiger partial charge is 0.481 e. The Morgan fingerprint density at radius 1 is 1.61 bits per heavy atom. The zero-order valence-corrected chi connectivity index (χ0v) is 11.2. The molecule has 5 heteroatoms. The fourth-order valence-electron chi connectivity index (χ4n) is 1.53. The molecule has 0 radical (unpaired) electrons. The van der Waals surface area contributed by atoms with Crippen molar-refractivity contribution in [3.8, 4) is 5.88 Å². The zero-order chi connectivity index (χ0) is 13.6. The Hall–Kier alpha value is -1.62. The van der Waals surface area contributed by atoms with Crippen LogP contribution in [0.15, 0.2) is 18.3 Å². The number of pyridine rings is 1. The molecule has 0 fully saturated rings. The maximum absolute atomic E-state index is 12.0. The first-order chi connectivity index (χ1) is 8.57. The number of aromatic nitrogens is 1. The number of nitrogens with zero attached hydrogens (tertiary/aromatic N) is 1. The van der Waals surface area contributed by atoms with E-state index in [1.54, 1.807) is 13.3 Å².